The van der Waals surface area contributed by atoms with Gasteiger partial charge in [-0.15, -0.1) is 11.3 Å². The van der Waals surface area contributed by atoms with Crippen LogP contribution < -0.4 is 5.32 Å². The molecule has 8 heteroatoms. The van der Waals surface area contributed by atoms with E-state index in [0.717, 1.165) is 0 Å². The second kappa shape index (κ2) is 5.64. The Labute approximate surface area is 113 Å². The molecule has 2 rings (SSSR count). The number of aliphatic carboxylic acids is 1. The Morgan fingerprint density at radius 1 is 1.68 bits per heavy atom. The molecule has 7 nitrogen and oxygen atoms in total. The molecule has 1 fully saturated rings. The van der Waals surface area contributed by atoms with Gasteiger partial charge in [0.15, 0.2) is 5.54 Å². The summed E-state index contributed by atoms with van der Waals surface area (Å²) in [4.78, 5) is 27.3. The van der Waals surface area contributed by atoms with Crippen LogP contribution in [0.4, 0.5) is 0 Å². The summed E-state index contributed by atoms with van der Waals surface area (Å²) in [6, 6.07) is 0. The van der Waals surface area contributed by atoms with Crippen LogP contribution in [0.25, 0.3) is 0 Å². The zero-order valence-electron chi connectivity index (χ0n) is 10.3. The third-order valence-electron chi connectivity index (χ3n) is 2.84. The standard InChI is InChI=1S/C11H14N2O5S/c1-17-4-8-12-7(5-19-8)9(14)13-11(10(15)16)2-3-18-6-11/h5H,2-4,6H2,1H3,(H,13,14)(H,15,16). The highest BCUT2D eigenvalue weighted by atomic mass is 32.1. The maximum Gasteiger partial charge on any atom is 0.331 e. The molecule has 1 atom stereocenters. The molecule has 0 saturated carbocycles. The van der Waals surface area contributed by atoms with E-state index in [2.05, 4.69) is 10.3 Å². The quantitative estimate of drug-likeness (QED) is 0.806. The van der Waals surface area contributed by atoms with Gasteiger partial charge in [-0.1, -0.05) is 0 Å². The van der Waals surface area contributed by atoms with E-state index >= 15 is 0 Å². The van der Waals surface area contributed by atoms with Crippen LogP contribution in [0.5, 0.6) is 0 Å². The third kappa shape index (κ3) is 2.91. The van der Waals surface area contributed by atoms with Crippen molar-refractivity contribution in [2.24, 2.45) is 0 Å². The number of nitrogens with one attached hydrogen (secondary N) is 1. The highest BCUT2D eigenvalue weighted by Gasteiger charge is 2.44. The SMILES string of the molecule is COCc1nc(C(=O)NC2(C(=O)O)CCOC2)cs1. The summed E-state index contributed by atoms with van der Waals surface area (Å²) in [6.07, 6.45) is 0.253. The first-order valence-electron chi connectivity index (χ1n) is 5.64. The number of amides is 1. The number of nitrogens with zero attached hydrogens (tertiary/aromatic N) is 1. The summed E-state index contributed by atoms with van der Waals surface area (Å²) >= 11 is 1.29. The molecule has 1 aliphatic rings. The highest BCUT2D eigenvalue weighted by Crippen LogP contribution is 2.20. The molecular formula is C11H14N2O5S. The van der Waals surface area contributed by atoms with Crippen molar-refractivity contribution in [1.82, 2.24) is 10.3 Å². The maximum atomic E-state index is 12.0. The predicted octanol–water partition coefficient (Wildman–Crippen LogP) is 0.263. The number of carboxylic acid groups (broad SMARTS) is 1. The van der Waals surface area contributed by atoms with Crippen molar-refractivity contribution < 1.29 is 24.2 Å². The van der Waals surface area contributed by atoms with Gasteiger partial charge >= 0.3 is 5.97 Å². The van der Waals surface area contributed by atoms with Gasteiger partial charge in [0.2, 0.25) is 0 Å². The molecule has 2 N–H and O–H groups in total. The van der Waals surface area contributed by atoms with Gasteiger partial charge in [-0.2, -0.15) is 0 Å². The van der Waals surface area contributed by atoms with E-state index in [-0.39, 0.29) is 18.7 Å². The molecule has 104 valence electrons. The molecular weight excluding hydrogens is 272 g/mol. The number of methoxy groups -OCH3 is 1. The van der Waals surface area contributed by atoms with Crippen LogP contribution in [0.2, 0.25) is 0 Å². The molecule has 19 heavy (non-hydrogen) atoms. The zero-order chi connectivity index (χ0) is 13.9. The molecule has 0 bridgehead atoms. The second-order valence-electron chi connectivity index (χ2n) is 4.20. The van der Waals surface area contributed by atoms with Crippen molar-refractivity contribution in [1.29, 1.82) is 0 Å². The van der Waals surface area contributed by atoms with Crippen molar-refractivity contribution in [3.63, 3.8) is 0 Å². The Kier molecular flexibility index (Phi) is 4.13. The normalized spacial score (nSPS) is 22.4. The lowest BCUT2D eigenvalue weighted by molar-refractivity contribution is -0.144. The molecule has 1 aromatic heterocycles. The van der Waals surface area contributed by atoms with E-state index in [9.17, 15) is 14.7 Å². The summed E-state index contributed by atoms with van der Waals surface area (Å²) in [5, 5.41) is 14.0. The molecule has 0 spiro atoms. The zero-order valence-corrected chi connectivity index (χ0v) is 11.2. The summed E-state index contributed by atoms with van der Waals surface area (Å²) < 4.78 is 9.98. The van der Waals surface area contributed by atoms with E-state index < -0.39 is 17.4 Å². The van der Waals surface area contributed by atoms with Gasteiger partial charge in [0, 0.05) is 25.5 Å². The Morgan fingerprint density at radius 2 is 2.47 bits per heavy atom. The highest BCUT2D eigenvalue weighted by molar-refractivity contribution is 7.09. The van der Waals surface area contributed by atoms with Gasteiger partial charge in [-0.25, -0.2) is 9.78 Å². The van der Waals surface area contributed by atoms with Crippen molar-refractivity contribution in [3.8, 4) is 0 Å². The fourth-order valence-corrected chi connectivity index (χ4v) is 2.52. The van der Waals surface area contributed by atoms with Crippen LogP contribution in [-0.2, 0) is 20.9 Å². The molecule has 0 aromatic carbocycles. The number of ether oxygens (including phenoxy) is 2. The number of hydrogen-bond donors (Lipinski definition) is 2. The largest absolute Gasteiger partial charge is 0.479 e. The maximum absolute atomic E-state index is 12.0. The van der Waals surface area contributed by atoms with Crippen LogP contribution in [-0.4, -0.2) is 47.8 Å². The minimum Gasteiger partial charge on any atom is -0.479 e. The van der Waals surface area contributed by atoms with Crippen LogP contribution in [0.1, 0.15) is 21.9 Å². The van der Waals surface area contributed by atoms with Gasteiger partial charge in [-0.05, 0) is 0 Å². The van der Waals surface area contributed by atoms with Gasteiger partial charge in [-0.3, -0.25) is 4.79 Å². The average Bonchev–Trinajstić information content (AvgIpc) is 2.99. The number of thiazole rings is 1. The first-order valence-corrected chi connectivity index (χ1v) is 6.52. The van der Waals surface area contributed by atoms with E-state index in [1.165, 1.54) is 18.4 Å². The number of carboxylic acids is 1. The Hall–Kier alpha value is -1.51. The topological polar surface area (TPSA) is 97.8 Å². The number of carbonyl (C=O) groups is 2. The van der Waals surface area contributed by atoms with Crippen molar-refractivity contribution in [2.45, 2.75) is 18.6 Å². The van der Waals surface area contributed by atoms with Crippen molar-refractivity contribution in [3.05, 3.63) is 16.1 Å². The Balaban J connectivity index is 2.08. The lowest BCUT2D eigenvalue weighted by Gasteiger charge is -2.22. The average molecular weight is 286 g/mol. The summed E-state index contributed by atoms with van der Waals surface area (Å²) in [5.41, 5.74) is -1.15. The van der Waals surface area contributed by atoms with E-state index in [4.69, 9.17) is 9.47 Å². The van der Waals surface area contributed by atoms with Gasteiger partial charge in [0.05, 0.1) is 13.2 Å². The lowest BCUT2D eigenvalue weighted by Crippen LogP contribution is -2.55. The first kappa shape index (κ1) is 13.9. The van der Waals surface area contributed by atoms with Gasteiger partial charge in [0.25, 0.3) is 5.91 Å². The molecule has 1 unspecified atom stereocenters. The number of hydrogen-bond acceptors (Lipinski definition) is 6. The fourth-order valence-electron chi connectivity index (χ4n) is 1.77. The summed E-state index contributed by atoms with van der Waals surface area (Å²) in [5.74, 6) is -1.60. The first-order chi connectivity index (χ1) is 9.07. The molecule has 1 aliphatic heterocycles. The predicted molar refractivity (Wildman–Crippen MR) is 66.1 cm³/mol. The number of aromatic nitrogens is 1. The minimum absolute atomic E-state index is 0.0247. The van der Waals surface area contributed by atoms with Crippen LogP contribution >= 0.6 is 11.3 Å². The molecule has 1 amide bonds. The summed E-state index contributed by atoms with van der Waals surface area (Å²) in [7, 11) is 1.54. The number of carbonyl (C=O) groups excluding carboxylic acids is 1. The van der Waals surface area contributed by atoms with Crippen molar-refractivity contribution in [2.75, 3.05) is 20.3 Å². The van der Waals surface area contributed by atoms with Gasteiger partial charge in [0.1, 0.15) is 10.7 Å². The number of rotatable bonds is 5. The smallest absolute Gasteiger partial charge is 0.331 e. The summed E-state index contributed by atoms with van der Waals surface area (Å²) in [6.45, 7) is 0.618. The van der Waals surface area contributed by atoms with Gasteiger partial charge < -0.3 is 19.9 Å². The molecule has 1 aromatic rings. The Bertz CT molecular complexity index is 481. The van der Waals surface area contributed by atoms with Crippen LogP contribution in [0.3, 0.4) is 0 Å². The van der Waals surface area contributed by atoms with Crippen LogP contribution in [0.15, 0.2) is 5.38 Å². The monoisotopic (exact) mass is 286 g/mol. The lowest BCUT2D eigenvalue weighted by atomic mass is 9.99. The van der Waals surface area contributed by atoms with Crippen LogP contribution in [0, 0.1) is 0 Å². The minimum atomic E-state index is -1.35. The Morgan fingerprint density at radius 3 is 3.05 bits per heavy atom. The van der Waals surface area contributed by atoms with E-state index in [1.54, 1.807) is 5.38 Å². The molecule has 0 aliphatic carbocycles. The van der Waals surface area contributed by atoms with E-state index in [1.807, 2.05) is 0 Å². The fraction of sp³-hybridized carbons (Fsp3) is 0.545. The van der Waals surface area contributed by atoms with E-state index in [0.29, 0.717) is 18.2 Å². The molecule has 1 saturated heterocycles. The van der Waals surface area contributed by atoms with Crippen molar-refractivity contribution >= 4 is 23.2 Å². The second-order valence-corrected chi connectivity index (χ2v) is 5.15. The molecule has 0 radical (unpaired) electrons. The molecule has 2 heterocycles. The third-order valence-corrected chi connectivity index (χ3v) is 3.66.